The molecule has 0 rings (SSSR count). The molecule has 1 N–H and O–H groups in total. The number of nitrogens with zero attached hydrogens (tertiary/aromatic N) is 1. The van der Waals surface area contributed by atoms with Crippen LogP contribution in [0.4, 0.5) is 0 Å². The highest BCUT2D eigenvalue weighted by Gasteiger charge is 2.15. The Balaban J connectivity index is 3.27. The Labute approximate surface area is 74.7 Å². The maximum Gasteiger partial charge on any atom is 0.0684 e. The number of hydrogen-bond donors (Lipinski definition) is 1. The van der Waals surface area contributed by atoms with E-state index in [1.807, 2.05) is 20.9 Å². The molecule has 0 saturated carbocycles. The van der Waals surface area contributed by atoms with E-state index >= 15 is 0 Å². The van der Waals surface area contributed by atoms with E-state index in [-0.39, 0.29) is 5.41 Å². The van der Waals surface area contributed by atoms with Gasteiger partial charge >= 0.3 is 0 Å². The molecule has 0 aliphatic heterocycles. The van der Waals surface area contributed by atoms with E-state index < -0.39 is 0 Å². The molecule has 0 aliphatic rings. The van der Waals surface area contributed by atoms with Crippen LogP contribution in [0.5, 0.6) is 0 Å². The lowest BCUT2D eigenvalue weighted by Crippen LogP contribution is -2.17. The Hall–Kier alpha value is -0.590. The Morgan fingerprint density at radius 3 is 2.58 bits per heavy atom. The normalized spacial score (nSPS) is 11.2. The predicted octanol–water partition coefficient (Wildman–Crippen LogP) is 1.16. The second-order valence-electron chi connectivity index (χ2n) is 3.46. The van der Waals surface area contributed by atoms with Crippen LogP contribution in [0.15, 0.2) is 0 Å². The molecule has 3 nitrogen and oxygen atoms in total. The molecule has 0 aromatic carbocycles. The molecule has 0 saturated heterocycles. The quantitative estimate of drug-likeness (QED) is 0.608. The van der Waals surface area contributed by atoms with Gasteiger partial charge in [-0.15, -0.1) is 0 Å². The molecule has 0 radical (unpaired) electrons. The maximum absolute atomic E-state index is 8.68. The van der Waals surface area contributed by atoms with Crippen LogP contribution in [0, 0.1) is 16.7 Å². The molecule has 0 aliphatic carbocycles. The van der Waals surface area contributed by atoms with Crippen LogP contribution in [-0.4, -0.2) is 26.8 Å². The number of nitriles is 1. The average molecular weight is 170 g/mol. The van der Waals surface area contributed by atoms with Gasteiger partial charge in [0.05, 0.1) is 18.1 Å². The van der Waals surface area contributed by atoms with Crippen molar-refractivity contribution < 1.29 is 4.74 Å². The molecule has 12 heavy (non-hydrogen) atoms. The van der Waals surface area contributed by atoms with E-state index in [2.05, 4.69) is 11.4 Å². The summed E-state index contributed by atoms with van der Waals surface area (Å²) in [6.07, 6.45) is 0.799. The zero-order chi connectivity index (χ0) is 9.45. The number of ether oxygens (including phenoxy) is 1. The summed E-state index contributed by atoms with van der Waals surface area (Å²) < 4.78 is 5.30. The van der Waals surface area contributed by atoms with Crippen LogP contribution in [0.3, 0.4) is 0 Å². The average Bonchev–Trinajstić information content (AvgIpc) is 2.04. The van der Waals surface area contributed by atoms with E-state index in [1.54, 1.807) is 0 Å². The zero-order valence-corrected chi connectivity index (χ0v) is 8.18. The number of hydrogen-bond acceptors (Lipinski definition) is 3. The standard InChI is InChI=1S/C9H18N2O/c1-9(2,8-10)4-6-12-7-5-11-3/h11H,4-7H2,1-3H3. The SMILES string of the molecule is CNCCOCCC(C)(C)C#N. The molecule has 0 spiro atoms. The third-order valence-electron chi connectivity index (χ3n) is 1.67. The van der Waals surface area contributed by atoms with Crippen molar-refractivity contribution >= 4 is 0 Å². The summed E-state index contributed by atoms with van der Waals surface area (Å²) in [5, 5.41) is 11.7. The van der Waals surface area contributed by atoms with Crippen molar-refractivity contribution in [2.45, 2.75) is 20.3 Å². The molecule has 70 valence electrons. The molecular formula is C9H18N2O. The Morgan fingerprint density at radius 1 is 1.42 bits per heavy atom. The van der Waals surface area contributed by atoms with E-state index in [4.69, 9.17) is 10.00 Å². The molecule has 0 bridgehead atoms. The van der Waals surface area contributed by atoms with Crippen LogP contribution in [0.25, 0.3) is 0 Å². The number of rotatable bonds is 6. The van der Waals surface area contributed by atoms with Gasteiger partial charge in [-0.25, -0.2) is 0 Å². The van der Waals surface area contributed by atoms with Gasteiger partial charge in [0.1, 0.15) is 0 Å². The summed E-state index contributed by atoms with van der Waals surface area (Å²) in [4.78, 5) is 0. The predicted molar refractivity (Wildman–Crippen MR) is 48.8 cm³/mol. The van der Waals surface area contributed by atoms with Gasteiger partial charge in [0.25, 0.3) is 0 Å². The van der Waals surface area contributed by atoms with Crippen LogP contribution >= 0.6 is 0 Å². The van der Waals surface area contributed by atoms with E-state index in [9.17, 15) is 0 Å². The van der Waals surface area contributed by atoms with Crippen molar-refractivity contribution in [3.8, 4) is 6.07 Å². The molecular weight excluding hydrogens is 152 g/mol. The Morgan fingerprint density at radius 2 is 2.08 bits per heavy atom. The fourth-order valence-corrected chi connectivity index (χ4v) is 0.660. The topological polar surface area (TPSA) is 45.0 Å². The zero-order valence-electron chi connectivity index (χ0n) is 8.18. The minimum absolute atomic E-state index is 0.250. The van der Waals surface area contributed by atoms with Crippen molar-refractivity contribution in [1.82, 2.24) is 5.32 Å². The first-order valence-electron chi connectivity index (χ1n) is 4.26. The molecule has 0 unspecified atom stereocenters. The summed E-state index contributed by atoms with van der Waals surface area (Å²) in [6.45, 7) is 6.11. The Kier molecular flexibility index (Phi) is 5.69. The van der Waals surface area contributed by atoms with Crippen LogP contribution in [0.1, 0.15) is 20.3 Å². The van der Waals surface area contributed by atoms with Crippen molar-refractivity contribution in [3.05, 3.63) is 0 Å². The largest absolute Gasteiger partial charge is 0.380 e. The van der Waals surface area contributed by atoms with Gasteiger partial charge in [0.2, 0.25) is 0 Å². The second-order valence-corrected chi connectivity index (χ2v) is 3.46. The molecule has 0 atom stereocenters. The van der Waals surface area contributed by atoms with Gasteiger partial charge in [-0.1, -0.05) is 0 Å². The van der Waals surface area contributed by atoms with E-state index in [1.165, 1.54) is 0 Å². The smallest absolute Gasteiger partial charge is 0.0684 e. The summed E-state index contributed by atoms with van der Waals surface area (Å²) >= 11 is 0. The minimum atomic E-state index is -0.250. The molecule has 0 heterocycles. The van der Waals surface area contributed by atoms with Crippen LogP contribution in [-0.2, 0) is 4.74 Å². The van der Waals surface area contributed by atoms with E-state index in [0.717, 1.165) is 19.6 Å². The number of likely N-dealkylation sites (N-methyl/N-ethyl adjacent to an activating group) is 1. The molecule has 3 heteroatoms. The van der Waals surface area contributed by atoms with Crippen LogP contribution in [0.2, 0.25) is 0 Å². The molecule has 0 amide bonds. The summed E-state index contributed by atoms with van der Waals surface area (Å²) in [5.41, 5.74) is -0.250. The summed E-state index contributed by atoms with van der Waals surface area (Å²) in [7, 11) is 1.89. The lowest BCUT2D eigenvalue weighted by atomic mass is 9.92. The number of nitrogens with one attached hydrogen (secondary N) is 1. The van der Waals surface area contributed by atoms with Gasteiger partial charge in [0, 0.05) is 13.2 Å². The van der Waals surface area contributed by atoms with E-state index in [0.29, 0.717) is 6.61 Å². The highest BCUT2D eigenvalue weighted by atomic mass is 16.5. The first-order valence-corrected chi connectivity index (χ1v) is 4.26. The minimum Gasteiger partial charge on any atom is -0.380 e. The van der Waals surface area contributed by atoms with Gasteiger partial charge in [-0.2, -0.15) is 5.26 Å². The maximum atomic E-state index is 8.68. The first-order chi connectivity index (χ1) is 5.62. The second kappa shape index (κ2) is 5.99. The lowest BCUT2D eigenvalue weighted by Gasteiger charge is -2.14. The highest BCUT2D eigenvalue weighted by Crippen LogP contribution is 2.17. The third kappa shape index (κ3) is 6.14. The van der Waals surface area contributed by atoms with Gasteiger partial charge in [-0.3, -0.25) is 0 Å². The van der Waals surface area contributed by atoms with Crippen LogP contribution < -0.4 is 5.32 Å². The fourth-order valence-electron chi connectivity index (χ4n) is 0.660. The molecule has 0 aromatic heterocycles. The van der Waals surface area contributed by atoms with Gasteiger partial charge < -0.3 is 10.1 Å². The monoisotopic (exact) mass is 170 g/mol. The summed E-state index contributed by atoms with van der Waals surface area (Å²) in [6, 6.07) is 2.24. The van der Waals surface area contributed by atoms with Gasteiger partial charge in [-0.05, 0) is 27.3 Å². The first kappa shape index (κ1) is 11.4. The third-order valence-corrected chi connectivity index (χ3v) is 1.67. The molecule has 0 fully saturated rings. The Bertz CT molecular complexity index is 149. The highest BCUT2D eigenvalue weighted by molar-refractivity contribution is 4.91. The molecule has 0 aromatic rings. The fraction of sp³-hybridized carbons (Fsp3) is 0.889. The van der Waals surface area contributed by atoms with Crippen molar-refractivity contribution in [3.63, 3.8) is 0 Å². The van der Waals surface area contributed by atoms with Crippen molar-refractivity contribution in [1.29, 1.82) is 5.26 Å². The van der Waals surface area contributed by atoms with Crippen molar-refractivity contribution in [2.24, 2.45) is 5.41 Å². The van der Waals surface area contributed by atoms with Crippen molar-refractivity contribution in [2.75, 3.05) is 26.8 Å². The summed E-state index contributed by atoms with van der Waals surface area (Å²) in [5.74, 6) is 0. The van der Waals surface area contributed by atoms with Gasteiger partial charge in [0.15, 0.2) is 0 Å². The lowest BCUT2D eigenvalue weighted by molar-refractivity contribution is 0.118.